The van der Waals surface area contributed by atoms with E-state index in [-0.39, 0.29) is 268 Å². The first-order chi connectivity index (χ1) is 24.8. The first kappa shape index (κ1) is 63.7. The molecule has 59 heavy (non-hydrogen) atoms. The number of amides is 2. The van der Waals surface area contributed by atoms with E-state index >= 15 is 0 Å². The second kappa shape index (κ2) is 25.6. The van der Waals surface area contributed by atoms with E-state index in [0.29, 0.717) is 41.1 Å². The van der Waals surface area contributed by atoms with Gasteiger partial charge in [-0.3, -0.25) is 19.5 Å². The number of anilines is 1. The number of hydrogen-bond donors (Lipinski definition) is 2. The molecule has 1 aliphatic heterocycles. The van der Waals surface area contributed by atoms with E-state index in [4.69, 9.17) is 0 Å². The van der Waals surface area contributed by atoms with E-state index in [1.54, 1.807) is 0 Å². The van der Waals surface area contributed by atoms with Crippen LogP contribution >= 0.6 is 0 Å². The Labute approximate surface area is 549 Å². The van der Waals surface area contributed by atoms with Crippen LogP contribution in [0.3, 0.4) is 0 Å². The second-order valence-corrected chi connectivity index (χ2v) is 16.1. The molecule has 0 atom stereocenters. The van der Waals surface area contributed by atoms with E-state index in [1.165, 1.54) is 6.92 Å². The third-order valence-corrected chi connectivity index (χ3v) is 10.6. The van der Waals surface area contributed by atoms with Crippen LogP contribution in [0.25, 0.3) is 11.8 Å². The average Bonchev–Trinajstić information content (AvgIpc) is 3.58. The number of hydrogen-bond acceptors (Lipinski definition) is 18. The van der Waals surface area contributed by atoms with Gasteiger partial charge in [0, 0.05) is 20.0 Å². The summed E-state index contributed by atoms with van der Waals surface area (Å²) in [6, 6.07) is 2.80. The molecule has 22 nitrogen and oxygen atoms in total. The van der Waals surface area contributed by atoms with Crippen LogP contribution in [-0.2, 0) is 50.1 Å². The standard InChI is InChI=1S/C28H26N6O16S4.5K/c1-14(4-8-17-23(25(35)29-2)31-33(27(17)37)19-12-15(51(39,40)41)6-10-21(19)53(45,46)47)5-9-18-24(26(36)30-3)32-34(28(18)38)20-13-16(52(42,43)44)7-11-22(20)54(48,49)50;;;;;/h4-13,31H,1-3H3,(H,29,35)(H,30,36)(H,39,40,41)(H,42,43,44)(H,45,46,47)(H,48,49,50);;;;;/q;5*+1/p-5/b8-4+,14-5+,18-9-;;;;;. The second-order valence-electron chi connectivity index (χ2n) is 10.6. The molecular formula is C28H21K5N6O16S4. The Balaban J connectivity index is 0. The van der Waals surface area contributed by atoms with E-state index in [0.717, 1.165) is 38.4 Å². The Kier molecular flexibility index (Phi) is 27.7. The van der Waals surface area contributed by atoms with E-state index in [9.17, 15) is 71.4 Å². The fraction of sp³-hybridized carbons (Fsp3) is 0.107. The molecule has 0 spiro atoms. The molecule has 0 radical (unpaired) electrons. The molecule has 2 amide bonds. The minimum Gasteiger partial charge on any atom is -0.857 e. The molecule has 0 aliphatic carbocycles. The summed E-state index contributed by atoms with van der Waals surface area (Å²) in [4.78, 5) is 38.6. The summed E-state index contributed by atoms with van der Waals surface area (Å²) >= 11 is 0. The summed E-state index contributed by atoms with van der Waals surface area (Å²) in [6.07, 6.45) is 4.23. The number of hydrazone groups is 1. The van der Waals surface area contributed by atoms with Crippen molar-refractivity contribution >= 4 is 75.7 Å². The number of carbonyl (C=O) groups excluding carboxylic acids is 2. The van der Waals surface area contributed by atoms with Crippen molar-refractivity contribution in [2.24, 2.45) is 10.1 Å². The zero-order valence-electron chi connectivity index (χ0n) is 32.2. The van der Waals surface area contributed by atoms with Gasteiger partial charge in [-0.05, 0) is 55.5 Å². The Morgan fingerprint density at radius 1 is 0.797 bits per heavy atom. The molecular weight excluding hydrogens is 1000 g/mol. The maximum atomic E-state index is 13.5. The molecule has 288 valence electrons. The molecule has 0 saturated carbocycles. The van der Waals surface area contributed by atoms with Gasteiger partial charge in [0.05, 0.1) is 47.8 Å². The number of aliphatic imine (C=N–C) groups is 1. The van der Waals surface area contributed by atoms with Gasteiger partial charge in [-0.15, -0.1) is 0 Å². The van der Waals surface area contributed by atoms with Crippen LogP contribution in [0.15, 0.2) is 100 Å². The zero-order valence-corrected chi connectivity index (χ0v) is 51.1. The predicted octanol–water partition coefficient (Wildman–Crippen LogP) is -17.4. The first-order valence-electron chi connectivity index (χ1n) is 14.1. The Hall–Kier alpha value is 2.57. The van der Waals surface area contributed by atoms with Crippen LogP contribution in [0, 0.1) is 0 Å². The largest absolute Gasteiger partial charge is 1.00 e. The van der Waals surface area contributed by atoms with Gasteiger partial charge >= 0.3 is 257 Å². The van der Waals surface area contributed by atoms with Crippen molar-refractivity contribution < 1.29 is 324 Å². The molecule has 1 aromatic heterocycles. The number of allylic oxidation sites excluding steroid dienone is 4. The Morgan fingerprint density at radius 2 is 1.27 bits per heavy atom. The summed E-state index contributed by atoms with van der Waals surface area (Å²) in [5.41, 5.74) is -5.38. The van der Waals surface area contributed by atoms with Gasteiger partial charge < -0.3 is 33.6 Å². The van der Waals surface area contributed by atoms with E-state index in [2.05, 4.69) is 20.5 Å². The van der Waals surface area contributed by atoms with Crippen molar-refractivity contribution in [3.8, 4) is 5.69 Å². The average molecular weight is 1020 g/mol. The summed E-state index contributed by atoms with van der Waals surface area (Å²) < 4.78 is 142. The van der Waals surface area contributed by atoms with Crippen molar-refractivity contribution in [3.63, 3.8) is 0 Å². The smallest absolute Gasteiger partial charge is 0.857 e. The van der Waals surface area contributed by atoms with Gasteiger partial charge in [-0.1, -0.05) is 17.7 Å². The van der Waals surface area contributed by atoms with Crippen LogP contribution in [0.4, 0.5) is 5.69 Å². The van der Waals surface area contributed by atoms with Crippen molar-refractivity contribution in [2.45, 2.75) is 26.5 Å². The number of aromatic amines is 1. The normalized spacial score (nSPS) is 14.4. The maximum absolute atomic E-state index is 13.5. The van der Waals surface area contributed by atoms with Crippen molar-refractivity contribution in [1.82, 2.24) is 15.1 Å². The molecule has 1 aliphatic rings. The van der Waals surface area contributed by atoms with Gasteiger partial charge in [-0.2, -0.15) is 10.1 Å². The number of benzene rings is 2. The molecule has 0 unspecified atom stereocenters. The molecule has 0 bridgehead atoms. The summed E-state index contributed by atoms with van der Waals surface area (Å²) in [5.74, 6) is -3.39. The van der Waals surface area contributed by atoms with Crippen molar-refractivity contribution in [1.29, 1.82) is 0 Å². The molecule has 3 aromatic rings. The molecule has 0 saturated heterocycles. The van der Waals surface area contributed by atoms with Gasteiger partial charge in [0.25, 0.3) is 17.4 Å². The third kappa shape index (κ3) is 15.8. The Morgan fingerprint density at radius 3 is 1.71 bits per heavy atom. The summed E-state index contributed by atoms with van der Waals surface area (Å²) in [6.45, 7) is 1.35. The molecule has 4 rings (SSSR count). The number of nitrogens with zero attached hydrogens (tertiary/aromatic N) is 4. The fourth-order valence-electron chi connectivity index (χ4n) is 4.62. The maximum Gasteiger partial charge on any atom is 1.00 e. The summed E-state index contributed by atoms with van der Waals surface area (Å²) in [5, 5.41) is 21.0. The fourth-order valence-corrected chi connectivity index (χ4v) is 6.88. The van der Waals surface area contributed by atoms with Crippen molar-refractivity contribution in [2.75, 3.05) is 19.1 Å². The third-order valence-electron chi connectivity index (χ3n) is 7.14. The molecule has 2 aromatic carbocycles. The quantitative estimate of drug-likeness (QED) is 0.0450. The van der Waals surface area contributed by atoms with Gasteiger partial charge in [0.2, 0.25) is 0 Å². The number of carbonyl (C=O) groups is 2. The number of H-pyrrole nitrogens is 1. The van der Waals surface area contributed by atoms with Crippen LogP contribution in [0.1, 0.15) is 18.2 Å². The predicted molar refractivity (Wildman–Crippen MR) is 177 cm³/mol. The minimum atomic E-state index is -5.42. The molecule has 31 heteroatoms. The van der Waals surface area contributed by atoms with Gasteiger partial charge in [-0.25, -0.2) is 38.4 Å². The first-order valence-corrected chi connectivity index (χ1v) is 19.8. The van der Waals surface area contributed by atoms with Crippen molar-refractivity contribution in [3.05, 3.63) is 87.4 Å². The van der Waals surface area contributed by atoms with Crippen LogP contribution in [-0.4, -0.2) is 99.2 Å². The number of aromatic nitrogens is 2. The molecule has 2 N–H and O–H groups in total. The summed E-state index contributed by atoms with van der Waals surface area (Å²) in [7, 11) is -19.2. The molecule has 0 fully saturated rings. The van der Waals surface area contributed by atoms with Crippen LogP contribution < -0.4 is 278 Å². The van der Waals surface area contributed by atoms with E-state index in [1.807, 2.05) is 0 Å². The topological polar surface area (TPSA) is 364 Å². The van der Waals surface area contributed by atoms with E-state index < -0.39 is 117 Å². The van der Waals surface area contributed by atoms with Gasteiger partial charge in [0.15, 0.2) is 5.71 Å². The SMILES string of the molecule is CN=C([O-])c1[nH]n(-c2cc(S(=O)(=O)[O-])ccc2S(=O)(=O)[O-])c(=O)c1/C=C/C(C)=C/C=C1\C(=O)N(c2cc(S(=O)(=O)[O-])ccc2S(=O)(=O)[O-])N=C1C(=O)NC.[K+].[K+].[K+].[K+].[K+]. The van der Waals surface area contributed by atoms with Crippen LogP contribution in [0.2, 0.25) is 0 Å². The van der Waals surface area contributed by atoms with Crippen LogP contribution in [0.5, 0.6) is 0 Å². The monoisotopic (exact) mass is 1020 g/mol. The van der Waals surface area contributed by atoms with Gasteiger partial charge in [0.1, 0.15) is 40.5 Å². The molecule has 2 heterocycles. The number of nitrogens with one attached hydrogen (secondary N) is 2. The number of rotatable bonds is 11. The minimum absolute atomic E-state index is 0. The Bertz CT molecular complexity index is 2820. The zero-order chi connectivity index (χ0) is 40.7.